The van der Waals surface area contributed by atoms with Crippen LogP contribution in [0.15, 0.2) is 72.8 Å². The maximum Gasteiger partial charge on any atom is 0.261 e. The predicted molar refractivity (Wildman–Crippen MR) is 124 cm³/mol. The molecule has 1 aliphatic rings. The van der Waals surface area contributed by atoms with Gasteiger partial charge in [-0.05, 0) is 48.7 Å². The van der Waals surface area contributed by atoms with Crippen molar-refractivity contribution in [3.63, 3.8) is 0 Å². The van der Waals surface area contributed by atoms with Crippen LogP contribution in [0.3, 0.4) is 0 Å². The molecule has 7 heteroatoms. The maximum atomic E-state index is 13.4. The summed E-state index contributed by atoms with van der Waals surface area (Å²) in [4.78, 5) is 38.6. The highest BCUT2D eigenvalue weighted by molar-refractivity contribution is 6.06. The van der Waals surface area contributed by atoms with E-state index in [-0.39, 0.29) is 12.3 Å². The second-order valence-corrected chi connectivity index (χ2v) is 8.07. The average Bonchev–Trinajstić information content (AvgIpc) is 2.89. The van der Waals surface area contributed by atoms with E-state index in [2.05, 4.69) is 10.7 Å². The molecule has 0 fully saturated rings. The third-order valence-corrected chi connectivity index (χ3v) is 5.70. The lowest BCUT2D eigenvalue weighted by Crippen LogP contribution is -2.54. The van der Waals surface area contributed by atoms with Crippen LogP contribution in [-0.4, -0.2) is 23.8 Å². The zero-order chi connectivity index (χ0) is 23.5. The quantitative estimate of drug-likeness (QED) is 0.628. The second kappa shape index (κ2) is 9.24. The van der Waals surface area contributed by atoms with Gasteiger partial charge in [0, 0.05) is 5.56 Å². The normalized spacial score (nSPS) is 15.7. The molecule has 1 heterocycles. The van der Waals surface area contributed by atoms with Gasteiger partial charge in [-0.2, -0.15) is 0 Å². The molecule has 3 aromatic rings. The summed E-state index contributed by atoms with van der Waals surface area (Å²) in [5.74, 6) is -2.15. The fraction of sp³-hybridized carbons (Fsp3) is 0.192. The third-order valence-electron chi connectivity index (χ3n) is 5.70. The number of benzene rings is 3. The van der Waals surface area contributed by atoms with Crippen molar-refractivity contribution in [3.8, 4) is 11.1 Å². The van der Waals surface area contributed by atoms with Crippen LogP contribution in [0.4, 0.5) is 10.1 Å². The number of hydrogen-bond donors (Lipinski definition) is 2. The number of anilines is 1. The van der Waals surface area contributed by atoms with Crippen LogP contribution in [-0.2, 0) is 20.8 Å². The molecule has 0 saturated heterocycles. The van der Waals surface area contributed by atoms with E-state index < -0.39 is 29.6 Å². The number of rotatable bonds is 5. The Morgan fingerprint density at radius 2 is 1.70 bits per heavy atom. The molecule has 0 saturated carbocycles. The zero-order valence-electron chi connectivity index (χ0n) is 18.3. The molecule has 168 valence electrons. The molecule has 0 aromatic heterocycles. The number of hydrazine groups is 1. The number of fused-ring (bicyclic) bond motifs is 3. The van der Waals surface area contributed by atoms with Gasteiger partial charge >= 0.3 is 0 Å². The van der Waals surface area contributed by atoms with Gasteiger partial charge in [-0.1, -0.05) is 54.6 Å². The lowest BCUT2D eigenvalue weighted by atomic mass is 9.92. The number of carbonyl (C=O) groups excluding carboxylic acids is 3. The van der Waals surface area contributed by atoms with Crippen LogP contribution in [0.1, 0.15) is 30.9 Å². The van der Waals surface area contributed by atoms with E-state index in [0.29, 0.717) is 11.3 Å². The number of carbonyl (C=O) groups is 3. The second-order valence-electron chi connectivity index (χ2n) is 8.07. The number of para-hydroxylation sites is 1. The Balaban J connectivity index is 1.52. The third kappa shape index (κ3) is 4.62. The lowest BCUT2D eigenvalue weighted by molar-refractivity contribution is -0.130. The minimum atomic E-state index is -0.910. The number of nitrogens with zero attached hydrogens (tertiary/aromatic N) is 1. The molecule has 0 aliphatic carbocycles. The summed E-state index contributed by atoms with van der Waals surface area (Å²) in [5, 5.41) is 3.87. The van der Waals surface area contributed by atoms with Gasteiger partial charge in [0.2, 0.25) is 5.91 Å². The SMILES string of the molecule is CC1C(=O)N(NC(=O)[C@H](C)NC(=O)Cc2cccc(F)c2)c2ccccc2-c2ccccc21. The monoisotopic (exact) mass is 445 g/mol. The zero-order valence-corrected chi connectivity index (χ0v) is 18.3. The Morgan fingerprint density at radius 3 is 2.45 bits per heavy atom. The van der Waals surface area contributed by atoms with Crippen molar-refractivity contribution < 1.29 is 18.8 Å². The minimum absolute atomic E-state index is 0.0623. The minimum Gasteiger partial charge on any atom is -0.344 e. The van der Waals surface area contributed by atoms with Crippen molar-refractivity contribution in [2.24, 2.45) is 0 Å². The highest BCUT2D eigenvalue weighted by Crippen LogP contribution is 2.39. The molecular formula is C26H24FN3O3. The van der Waals surface area contributed by atoms with E-state index in [4.69, 9.17) is 0 Å². The van der Waals surface area contributed by atoms with Crippen molar-refractivity contribution in [3.05, 3.63) is 89.7 Å². The van der Waals surface area contributed by atoms with Crippen molar-refractivity contribution in [1.82, 2.24) is 10.7 Å². The first-order valence-electron chi connectivity index (χ1n) is 10.7. The van der Waals surface area contributed by atoms with Crippen molar-refractivity contribution in [1.29, 1.82) is 0 Å². The van der Waals surface area contributed by atoms with Crippen LogP contribution in [0, 0.1) is 5.82 Å². The van der Waals surface area contributed by atoms with Gasteiger partial charge < -0.3 is 5.32 Å². The molecule has 0 radical (unpaired) electrons. The Bertz CT molecular complexity index is 1230. The van der Waals surface area contributed by atoms with Crippen molar-refractivity contribution in [2.75, 3.05) is 5.01 Å². The smallest absolute Gasteiger partial charge is 0.261 e. The summed E-state index contributed by atoms with van der Waals surface area (Å²) >= 11 is 0. The Morgan fingerprint density at radius 1 is 1.00 bits per heavy atom. The Kier molecular flexibility index (Phi) is 6.22. The molecule has 1 unspecified atom stereocenters. The first-order valence-corrected chi connectivity index (χ1v) is 10.7. The molecule has 0 spiro atoms. The Hall–Kier alpha value is -4.00. The highest BCUT2D eigenvalue weighted by atomic mass is 19.1. The molecule has 6 nitrogen and oxygen atoms in total. The van der Waals surface area contributed by atoms with Gasteiger partial charge in [0.1, 0.15) is 11.9 Å². The standard InChI is InChI=1S/C26H24FN3O3/c1-16-20-10-3-4-11-21(20)22-12-5-6-13-23(22)30(26(16)33)29-25(32)17(2)28-24(31)15-18-8-7-9-19(27)14-18/h3-14,16-17H,15H2,1-2H3,(H,28,31)(H,29,32)/t16?,17-/m0/s1. The molecule has 3 aromatic carbocycles. The molecule has 2 N–H and O–H groups in total. The van der Waals surface area contributed by atoms with Gasteiger partial charge in [-0.15, -0.1) is 0 Å². The number of halogens is 1. The first-order chi connectivity index (χ1) is 15.8. The summed E-state index contributed by atoms with van der Waals surface area (Å²) in [6.45, 7) is 3.33. The van der Waals surface area contributed by atoms with E-state index in [0.717, 1.165) is 16.7 Å². The van der Waals surface area contributed by atoms with E-state index in [1.807, 2.05) is 36.4 Å². The van der Waals surface area contributed by atoms with Crippen molar-refractivity contribution >= 4 is 23.4 Å². The molecule has 0 bridgehead atoms. The largest absolute Gasteiger partial charge is 0.344 e. The number of amides is 3. The van der Waals surface area contributed by atoms with Gasteiger partial charge in [0.15, 0.2) is 0 Å². The van der Waals surface area contributed by atoms with E-state index in [1.54, 1.807) is 25.1 Å². The topological polar surface area (TPSA) is 78.5 Å². The van der Waals surface area contributed by atoms with Gasteiger partial charge in [0.05, 0.1) is 18.0 Å². The van der Waals surface area contributed by atoms with Crippen LogP contribution >= 0.6 is 0 Å². The molecule has 1 aliphatic heterocycles. The van der Waals surface area contributed by atoms with Crippen LogP contribution in [0.5, 0.6) is 0 Å². The van der Waals surface area contributed by atoms with Gasteiger partial charge in [-0.3, -0.25) is 19.8 Å². The molecule has 4 rings (SSSR count). The molecule has 2 atom stereocenters. The molecule has 3 amide bonds. The van der Waals surface area contributed by atoms with E-state index >= 15 is 0 Å². The molecular weight excluding hydrogens is 421 g/mol. The maximum absolute atomic E-state index is 13.4. The van der Waals surface area contributed by atoms with Crippen LogP contribution in [0.2, 0.25) is 0 Å². The van der Waals surface area contributed by atoms with E-state index in [1.165, 1.54) is 30.1 Å². The summed E-state index contributed by atoms with van der Waals surface area (Å²) < 4.78 is 13.4. The lowest BCUT2D eigenvalue weighted by Gasteiger charge is -2.27. The summed E-state index contributed by atoms with van der Waals surface area (Å²) in [6.07, 6.45) is -0.0623. The van der Waals surface area contributed by atoms with Crippen LogP contribution < -0.4 is 15.8 Å². The van der Waals surface area contributed by atoms with Crippen LogP contribution in [0.25, 0.3) is 11.1 Å². The average molecular weight is 445 g/mol. The van der Waals surface area contributed by atoms with Crippen molar-refractivity contribution in [2.45, 2.75) is 32.2 Å². The number of nitrogens with one attached hydrogen (secondary N) is 2. The predicted octanol–water partition coefficient (Wildman–Crippen LogP) is 3.72. The summed E-state index contributed by atoms with van der Waals surface area (Å²) in [6, 6.07) is 19.9. The van der Waals surface area contributed by atoms with E-state index in [9.17, 15) is 18.8 Å². The molecule has 33 heavy (non-hydrogen) atoms. The Labute approximate surface area is 191 Å². The highest BCUT2D eigenvalue weighted by Gasteiger charge is 2.33. The van der Waals surface area contributed by atoms with Gasteiger partial charge in [-0.25, -0.2) is 9.40 Å². The summed E-state index contributed by atoms with van der Waals surface area (Å²) in [7, 11) is 0. The number of hydrogen-bond acceptors (Lipinski definition) is 3. The fourth-order valence-corrected chi connectivity index (χ4v) is 3.97. The fourth-order valence-electron chi connectivity index (χ4n) is 3.97. The summed E-state index contributed by atoms with van der Waals surface area (Å²) in [5.41, 5.74) is 6.38. The van der Waals surface area contributed by atoms with Gasteiger partial charge in [0.25, 0.3) is 11.8 Å². The first kappa shape index (κ1) is 22.2.